The summed E-state index contributed by atoms with van der Waals surface area (Å²) >= 11 is 0. The summed E-state index contributed by atoms with van der Waals surface area (Å²) in [6.07, 6.45) is 4.57. The lowest BCUT2D eigenvalue weighted by Gasteiger charge is -2.19. The van der Waals surface area contributed by atoms with Gasteiger partial charge >= 0.3 is 16.3 Å². The number of amides is 1. The summed E-state index contributed by atoms with van der Waals surface area (Å²) < 4.78 is 43.6. The molecule has 32 heavy (non-hydrogen) atoms. The fourth-order valence-electron chi connectivity index (χ4n) is 3.06. The first-order chi connectivity index (χ1) is 15.0. The Labute approximate surface area is 189 Å². The number of nitrogens with zero attached hydrogens (tertiary/aromatic N) is 2. The molecule has 2 aromatic rings. The van der Waals surface area contributed by atoms with Gasteiger partial charge in [0.1, 0.15) is 11.9 Å². The van der Waals surface area contributed by atoms with Gasteiger partial charge in [-0.05, 0) is 46.1 Å². The Kier molecular flexibility index (Phi) is 9.02. The molecular formula is C21H32N4O6S. The van der Waals surface area contributed by atoms with Crippen LogP contribution in [0.1, 0.15) is 52.1 Å². The molecule has 0 unspecified atom stereocenters. The zero-order chi connectivity index (χ0) is 23.8. The van der Waals surface area contributed by atoms with Crippen LogP contribution in [0.25, 0.3) is 10.9 Å². The lowest BCUT2D eigenvalue weighted by atomic mass is 10.1. The Morgan fingerprint density at radius 1 is 1.00 bits per heavy atom. The standard InChI is InChI=1S/C21H32N4O6S/c1-21(2,3)31-20(26)25-32(27,28)24-11-9-7-6-8-10-16-15-12-18(29-4)19(30-5)13-17(15)23-14-22-16/h12-14,24H,6-11H2,1-5H3,(H,25,26). The summed E-state index contributed by atoms with van der Waals surface area (Å²) in [7, 11) is -0.769. The Bertz CT molecular complexity index is 1020. The molecule has 1 amide bonds. The topological polar surface area (TPSA) is 129 Å². The minimum Gasteiger partial charge on any atom is -0.493 e. The van der Waals surface area contributed by atoms with Gasteiger partial charge in [-0.15, -0.1) is 0 Å². The van der Waals surface area contributed by atoms with Crippen molar-refractivity contribution >= 4 is 27.2 Å². The number of hydrogen-bond donors (Lipinski definition) is 2. The molecule has 0 spiro atoms. The lowest BCUT2D eigenvalue weighted by molar-refractivity contribution is 0.0569. The number of benzene rings is 1. The van der Waals surface area contributed by atoms with Crippen molar-refractivity contribution in [2.75, 3.05) is 20.8 Å². The summed E-state index contributed by atoms with van der Waals surface area (Å²) in [5.41, 5.74) is 0.948. The number of fused-ring (bicyclic) bond motifs is 1. The smallest absolute Gasteiger partial charge is 0.422 e. The zero-order valence-electron chi connectivity index (χ0n) is 19.2. The van der Waals surface area contributed by atoms with Gasteiger partial charge in [-0.2, -0.15) is 13.1 Å². The van der Waals surface area contributed by atoms with Crippen molar-refractivity contribution in [3.05, 3.63) is 24.2 Å². The van der Waals surface area contributed by atoms with E-state index in [2.05, 4.69) is 14.7 Å². The first kappa shape index (κ1) is 25.6. The van der Waals surface area contributed by atoms with Crippen LogP contribution >= 0.6 is 0 Å². The van der Waals surface area contributed by atoms with E-state index in [0.29, 0.717) is 17.9 Å². The number of nitrogens with one attached hydrogen (secondary N) is 2. The van der Waals surface area contributed by atoms with Crippen LogP contribution < -0.4 is 18.9 Å². The van der Waals surface area contributed by atoms with E-state index in [0.717, 1.165) is 42.3 Å². The highest BCUT2D eigenvalue weighted by Gasteiger charge is 2.20. The van der Waals surface area contributed by atoms with Crippen LogP contribution in [0.15, 0.2) is 18.5 Å². The fraction of sp³-hybridized carbons (Fsp3) is 0.571. The van der Waals surface area contributed by atoms with Crippen LogP contribution in [0.5, 0.6) is 11.5 Å². The Morgan fingerprint density at radius 3 is 2.31 bits per heavy atom. The van der Waals surface area contributed by atoms with Gasteiger partial charge in [0.2, 0.25) is 0 Å². The van der Waals surface area contributed by atoms with Gasteiger partial charge < -0.3 is 14.2 Å². The minimum atomic E-state index is -3.94. The third-order valence-electron chi connectivity index (χ3n) is 4.47. The molecule has 0 aliphatic heterocycles. The van der Waals surface area contributed by atoms with Gasteiger partial charge in [-0.25, -0.2) is 19.5 Å². The average molecular weight is 469 g/mol. The molecule has 10 nitrogen and oxygen atoms in total. The maximum atomic E-state index is 11.9. The molecule has 0 radical (unpaired) electrons. The highest BCUT2D eigenvalue weighted by atomic mass is 32.2. The van der Waals surface area contributed by atoms with Gasteiger partial charge in [-0.3, -0.25) is 0 Å². The summed E-state index contributed by atoms with van der Waals surface area (Å²) in [6, 6.07) is 3.71. The molecule has 0 fully saturated rings. The highest BCUT2D eigenvalue weighted by molar-refractivity contribution is 7.88. The monoisotopic (exact) mass is 468 g/mol. The zero-order valence-corrected chi connectivity index (χ0v) is 20.0. The molecule has 0 saturated heterocycles. The summed E-state index contributed by atoms with van der Waals surface area (Å²) in [4.78, 5) is 20.3. The van der Waals surface area contributed by atoms with Crippen LogP contribution in [0.3, 0.4) is 0 Å². The molecule has 2 N–H and O–H groups in total. The van der Waals surface area contributed by atoms with Crippen molar-refractivity contribution in [1.82, 2.24) is 19.4 Å². The summed E-state index contributed by atoms with van der Waals surface area (Å²) in [6.45, 7) is 5.20. The quantitative estimate of drug-likeness (QED) is 0.481. The number of methoxy groups -OCH3 is 2. The molecule has 0 aliphatic rings. The van der Waals surface area contributed by atoms with Crippen LogP contribution in [-0.2, 0) is 21.4 Å². The first-order valence-corrected chi connectivity index (χ1v) is 11.9. The SMILES string of the molecule is COc1cc2ncnc(CCCCCCNS(=O)(=O)NC(=O)OC(C)(C)C)c2cc1OC. The first-order valence-electron chi connectivity index (χ1n) is 10.4. The van der Waals surface area contributed by atoms with Crippen molar-refractivity contribution in [3.63, 3.8) is 0 Å². The maximum absolute atomic E-state index is 11.9. The van der Waals surface area contributed by atoms with Crippen LogP contribution in [0, 0.1) is 0 Å². The van der Waals surface area contributed by atoms with Crippen molar-refractivity contribution in [1.29, 1.82) is 0 Å². The minimum absolute atomic E-state index is 0.228. The highest BCUT2D eigenvalue weighted by Crippen LogP contribution is 2.32. The number of carbonyl (C=O) groups is 1. The van der Waals surface area contributed by atoms with E-state index in [4.69, 9.17) is 14.2 Å². The second-order valence-corrected chi connectivity index (χ2v) is 9.71. The molecule has 0 saturated carbocycles. The molecule has 1 aromatic heterocycles. The molecule has 11 heteroatoms. The molecular weight excluding hydrogens is 436 g/mol. The Morgan fingerprint density at radius 2 is 1.66 bits per heavy atom. The van der Waals surface area contributed by atoms with E-state index < -0.39 is 21.9 Å². The van der Waals surface area contributed by atoms with Gasteiger partial charge in [0.15, 0.2) is 11.5 Å². The van der Waals surface area contributed by atoms with Gasteiger partial charge in [0, 0.05) is 18.0 Å². The van der Waals surface area contributed by atoms with Gasteiger partial charge in [0.25, 0.3) is 0 Å². The lowest BCUT2D eigenvalue weighted by Crippen LogP contribution is -2.43. The number of rotatable bonds is 11. The van der Waals surface area contributed by atoms with Crippen LogP contribution in [0.4, 0.5) is 4.79 Å². The fourth-order valence-corrected chi connectivity index (χ4v) is 3.80. The average Bonchev–Trinajstić information content (AvgIpc) is 2.70. The van der Waals surface area contributed by atoms with Crippen molar-refractivity contribution in [2.45, 2.75) is 58.5 Å². The number of ether oxygens (including phenoxy) is 3. The predicted molar refractivity (Wildman–Crippen MR) is 121 cm³/mol. The second-order valence-electron chi connectivity index (χ2n) is 8.21. The number of carbonyl (C=O) groups excluding carboxylic acids is 1. The molecule has 178 valence electrons. The Balaban J connectivity index is 1.76. The van der Waals surface area contributed by atoms with Gasteiger partial charge in [0.05, 0.1) is 25.4 Å². The molecule has 0 atom stereocenters. The molecule has 2 rings (SSSR count). The summed E-state index contributed by atoms with van der Waals surface area (Å²) in [5, 5.41) is 0.922. The molecule has 1 aromatic carbocycles. The van der Waals surface area contributed by atoms with E-state index in [1.54, 1.807) is 35.0 Å². The number of hydrogen-bond acceptors (Lipinski definition) is 8. The molecule has 1 heterocycles. The van der Waals surface area contributed by atoms with E-state index in [9.17, 15) is 13.2 Å². The Hall–Kier alpha value is -2.66. The third kappa shape index (κ3) is 8.12. The number of unbranched alkanes of at least 4 members (excludes halogenated alkanes) is 3. The van der Waals surface area contributed by atoms with Crippen molar-refractivity contribution in [3.8, 4) is 11.5 Å². The molecule has 0 bridgehead atoms. The van der Waals surface area contributed by atoms with E-state index in [1.807, 2.05) is 16.9 Å². The normalized spacial score (nSPS) is 11.9. The number of aryl methyl sites for hydroxylation is 1. The van der Waals surface area contributed by atoms with E-state index in [1.165, 1.54) is 6.33 Å². The van der Waals surface area contributed by atoms with E-state index in [-0.39, 0.29) is 6.54 Å². The molecule has 0 aliphatic carbocycles. The maximum Gasteiger partial charge on any atom is 0.422 e. The van der Waals surface area contributed by atoms with Crippen LogP contribution in [-0.4, -0.2) is 50.8 Å². The van der Waals surface area contributed by atoms with Crippen molar-refractivity contribution < 1.29 is 27.4 Å². The largest absolute Gasteiger partial charge is 0.493 e. The van der Waals surface area contributed by atoms with Crippen LogP contribution in [0.2, 0.25) is 0 Å². The van der Waals surface area contributed by atoms with E-state index >= 15 is 0 Å². The van der Waals surface area contributed by atoms with Crippen molar-refractivity contribution in [2.24, 2.45) is 0 Å². The number of aromatic nitrogens is 2. The second kappa shape index (κ2) is 11.3. The predicted octanol–water partition coefficient (Wildman–Crippen LogP) is 3.11. The van der Waals surface area contributed by atoms with Gasteiger partial charge in [-0.1, -0.05) is 12.8 Å². The third-order valence-corrected chi connectivity index (χ3v) is 5.49. The summed E-state index contributed by atoms with van der Waals surface area (Å²) in [5.74, 6) is 1.25.